The Morgan fingerprint density at radius 2 is 1.78 bits per heavy atom. The zero-order valence-electron chi connectivity index (χ0n) is 19.6. The van der Waals surface area contributed by atoms with Gasteiger partial charge < -0.3 is 15.7 Å². The monoisotopic (exact) mass is 519 g/mol. The molecule has 0 aliphatic heterocycles. The van der Waals surface area contributed by atoms with Crippen LogP contribution in [0, 0.1) is 0 Å². The van der Waals surface area contributed by atoms with E-state index < -0.39 is 5.97 Å². The van der Waals surface area contributed by atoms with E-state index in [1.54, 1.807) is 18.2 Å². The number of anilines is 2. The highest BCUT2D eigenvalue weighted by Gasteiger charge is 2.20. The molecule has 0 bridgehead atoms. The first kappa shape index (κ1) is 25.4. The maximum atomic E-state index is 13.0. The van der Waals surface area contributed by atoms with Gasteiger partial charge >= 0.3 is 5.97 Å². The van der Waals surface area contributed by atoms with Gasteiger partial charge in [0.15, 0.2) is 5.13 Å². The van der Waals surface area contributed by atoms with Crippen molar-refractivity contribution < 1.29 is 19.5 Å². The highest BCUT2D eigenvalue weighted by Crippen LogP contribution is 2.31. The van der Waals surface area contributed by atoms with Crippen molar-refractivity contribution in [1.29, 1.82) is 0 Å². The number of benzene rings is 3. The highest BCUT2D eigenvalue weighted by molar-refractivity contribution is 8.00. The Bertz CT molecular complexity index is 1400. The van der Waals surface area contributed by atoms with Crippen molar-refractivity contribution in [3.63, 3.8) is 0 Å². The molecule has 1 aromatic heterocycles. The minimum Gasteiger partial charge on any atom is -0.481 e. The maximum absolute atomic E-state index is 13.0. The molecule has 1 atom stereocenters. The zero-order valence-corrected chi connectivity index (χ0v) is 21.2. The Hall–Kier alpha value is -3.69. The van der Waals surface area contributed by atoms with Crippen LogP contribution in [0.1, 0.15) is 26.2 Å². The number of nitrogens with zero attached hydrogens (tertiary/aromatic N) is 1. The lowest BCUT2D eigenvalue weighted by Crippen LogP contribution is -2.24. The predicted molar refractivity (Wildman–Crippen MR) is 146 cm³/mol. The van der Waals surface area contributed by atoms with E-state index in [9.17, 15) is 14.4 Å². The number of hydrogen-bond acceptors (Lipinski definition) is 6. The molecule has 3 aromatic carbocycles. The minimum atomic E-state index is -1.02. The molecular formula is C27H25N3O4S2. The molecule has 0 radical (unpaired) electrons. The number of thiazole rings is 1. The van der Waals surface area contributed by atoms with E-state index in [4.69, 9.17) is 5.11 Å². The van der Waals surface area contributed by atoms with Gasteiger partial charge in [-0.1, -0.05) is 49.4 Å². The number of carbonyl (C=O) groups excluding carboxylic acids is 2. The fourth-order valence-electron chi connectivity index (χ4n) is 3.58. The number of carbonyl (C=O) groups is 3. The van der Waals surface area contributed by atoms with E-state index in [0.29, 0.717) is 17.2 Å². The van der Waals surface area contributed by atoms with Crippen LogP contribution >= 0.6 is 23.1 Å². The summed E-state index contributed by atoms with van der Waals surface area (Å²) < 4.78 is 0. The molecule has 4 aromatic rings. The van der Waals surface area contributed by atoms with Gasteiger partial charge in [-0.2, -0.15) is 0 Å². The first-order chi connectivity index (χ1) is 17.4. The second-order valence-corrected chi connectivity index (χ2v) is 10.2. The first-order valence-corrected chi connectivity index (χ1v) is 13.2. The quantitative estimate of drug-likeness (QED) is 0.213. The van der Waals surface area contributed by atoms with E-state index in [2.05, 4.69) is 39.9 Å². The van der Waals surface area contributed by atoms with Gasteiger partial charge in [0.2, 0.25) is 11.8 Å². The van der Waals surface area contributed by atoms with E-state index >= 15 is 0 Å². The van der Waals surface area contributed by atoms with Crippen molar-refractivity contribution in [3.8, 4) is 11.3 Å². The van der Waals surface area contributed by atoms with Crippen molar-refractivity contribution in [2.75, 3.05) is 10.6 Å². The Morgan fingerprint density at radius 3 is 2.56 bits per heavy atom. The van der Waals surface area contributed by atoms with Crippen LogP contribution in [0.5, 0.6) is 0 Å². The molecule has 1 heterocycles. The van der Waals surface area contributed by atoms with Gasteiger partial charge in [0.05, 0.1) is 17.4 Å². The number of aliphatic carboxylic acids is 1. The SMILES string of the molecule is CCC(Sc1cccc(NC(=O)CCC(=O)O)c1)C(=O)Nc1nc(-c2ccc3ccccc3c2)cs1. The third kappa shape index (κ3) is 6.71. The fourth-order valence-corrected chi connectivity index (χ4v) is 5.31. The Morgan fingerprint density at radius 1 is 0.972 bits per heavy atom. The molecule has 0 aliphatic rings. The average molecular weight is 520 g/mol. The van der Waals surface area contributed by atoms with Gasteiger partial charge in [-0.3, -0.25) is 14.4 Å². The Kier molecular flexibility index (Phi) is 8.35. The van der Waals surface area contributed by atoms with Crippen LogP contribution in [-0.4, -0.2) is 33.1 Å². The zero-order chi connectivity index (χ0) is 25.5. The van der Waals surface area contributed by atoms with Gasteiger partial charge in [-0.25, -0.2) is 4.98 Å². The summed E-state index contributed by atoms with van der Waals surface area (Å²) in [6.07, 6.45) is 0.286. The summed E-state index contributed by atoms with van der Waals surface area (Å²) in [6.45, 7) is 1.94. The second kappa shape index (κ2) is 11.8. The summed E-state index contributed by atoms with van der Waals surface area (Å²) in [4.78, 5) is 41.0. The molecule has 184 valence electrons. The summed E-state index contributed by atoms with van der Waals surface area (Å²) in [5.74, 6) is -1.52. The average Bonchev–Trinajstić information content (AvgIpc) is 3.34. The minimum absolute atomic E-state index is 0.0955. The molecule has 0 spiro atoms. The lowest BCUT2D eigenvalue weighted by atomic mass is 10.1. The normalized spacial score (nSPS) is 11.7. The molecule has 0 fully saturated rings. The van der Waals surface area contributed by atoms with Crippen LogP contribution in [-0.2, 0) is 14.4 Å². The number of thioether (sulfide) groups is 1. The molecule has 9 heteroatoms. The van der Waals surface area contributed by atoms with E-state index in [1.165, 1.54) is 23.1 Å². The molecule has 0 saturated carbocycles. The van der Waals surface area contributed by atoms with Crippen LogP contribution < -0.4 is 10.6 Å². The first-order valence-electron chi connectivity index (χ1n) is 11.4. The highest BCUT2D eigenvalue weighted by atomic mass is 32.2. The second-order valence-electron chi connectivity index (χ2n) is 8.07. The molecule has 3 N–H and O–H groups in total. The molecule has 4 rings (SSSR count). The maximum Gasteiger partial charge on any atom is 0.303 e. The largest absolute Gasteiger partial charge is 0.481 e. The van der Waals surface area contributed by atoms with Gasteiger partial charge in [0, 0.05) is 27.9 Å². The third-order valence-electron chi connectivity index (χ3n) is 5.40. The van der Waals surface area contributed by atoms with Crippen molar-refractivity contribution >= 4 is 62.5 Å². The number of carboxylic acid groups (broad SMARTS) is 1. The molecule has 1 unspecified atom stereocenters. The molecule has 7 nitrogen and oxygen atoms in total. The summed E-state index contributed by atoms with van der Waals surface area (Å²) in [5.41, 5.74) is 2.37. The summed E-state index contributed by atoms with van der Waals surface area (Å²) >= 11 is 2.79. The van der Waals surface area contributed by atoms with Gasteiger partial charge in [-0.15, -0.1) is 23.1 Å². The molecule has 0 aliphatic carbocycles. The van der Waals surface area contributed by atoms with Crippen LogP contribution in [0.25, 0.3) is 22.0 Å². The van der Waals surface area contributed by atoms with Crippen molar-refractivity contribution in [2.24, 2.45) is 0 Å². The number of carboxylic acids is 1. The lowest BCUT2D eigenvalue weighted by Gasteiger charge is -2.14. The fraction of sp³-hybridized carbons (Fsp3) is 0.185. The number of nitrogens with one attached hydrogen (secondary N) is 2. The van der Waals surface area contributed by atoms with Crippen LogP contribution in [0.4, 0.5) is 10.8 Å². The lowest BCUT2D eigenvalue weighted by molar-refractivity contribution is -0.138. The number of rotatable bonds is 10. The molecule has 2 amide bonds. The van der Waals surface area contributed by atoms with E-state index in [-0.39, 0.29) is 29.9 Å². The Balaban J connectivity index is 1.38. The number of aromatic nitrogens is 1. The van der Waals surface area contributed by atoms with Gasteiger partial charge in [0.1, 0.15) is 0 Å². The topological polar surface area (TPSA) is 108 Å². The summed E-state index contributed by atoms with van der Waals surface area (Å²) in [6, 6.07) is 21.5. The molecule has 0 saturated heterocycles. The Labute approximate surface area is 217 Å². The standard InChI is InChI=1S/C27H25N3O4S2/c1-2-23(36-21-9-5-8-20(15-21)28-24(31)12-13-25(32)33)26(34)30-27-29-22(16-35-27)19-11-10-17-6-3-4-7-18(17)14-19/h3-11,14-16,23H,2,12-13H2,1H3,(H,28,31)(H,32,33)(H,29,30,34). The van der Waals surface area contributed by atoms with Crippen LogP contribution in [0.2, 0.25) is 0 Å². The molecular weight excluding hydrogens is 494 g/mol. The van der Waals surface area contributed by atoms with Gasteiger partial charge in [-0.05, 0) is 41.5 Å². The number of hydrogen-bond donors (Lipinski definition) is 3. The van der Waals surface area contributed by atoms with Crippen molar-refractivity contribution in [1.82, 2.24) is 4.98 Å². The van der Waals surface area contributed by atoms with E-state index in [0.717, 1.165) is 26.9 Å². The smallest absolute Gasteiger partial charge is 0.303 e. The van der Waals surface area contributed by atoms with Crippen molar-refractivity contribution in [3.05, 3.63) is 72.1 Å². The van der Waals surface area contributed by atoms with Gasteiger partial charge in [0.25, 0.3) is 0 Å². The van der Waals surface area contributed by atoms with Crippen LogP contribution in [0.3, 0.4) is 0 Å². The number of amides is 2. The molecule has 36 heavy (non-hydrogen) atoms. The van der Waals surface area contributed by atoms with Crippen molar-refractivity contribution in [2.45, 2.75) is 36.3 Å². The third-order valence-corrected chi connectivity index (χ3v) is 7.52. The predicted octanol–water partition coefficient (Wildman–Crippen LogP) is 6.28. The number of fused-ring (bicyclic) bond motifs is 1. The summed E-state index contributed by atoms with van der Waals surface area (Å²) in [7, 11) is 0. The summed E-state index contributed by atoms with van der Waals surface area (Å²) in [5, 5.41) is 18.8. The van der Waals surface area contributed by atoms with Crippen LogP contribution in [0.15, 0.2) is 77.0 Å². The van der Waals surface area contributed by atoms with E-state index in [1.807, 2.05) is 36.6 Å².